The van der Waals surface area contributed by atoms with E-state index in [0.717, 1.165) is 180 Å². The molecule has 0 radical (unpaired) electrons. The normalized spacial score (nSPS) is 50.9. The fourth-order valence-corrected chi connectivity index (χ4v) is 68.3. The van der Waals surface area contributed by atoms with E-state index in [1.54, 1.807) is 0 Å². The first-order valence-corrected chi connectivity index (χ1v) is 39.2. The van der Waals surface area contributed by atoms with Gasteiger partial charge in [-0.15, -0.1) is 0 Å². The van der Waals surface area contributed by atoms with Gasteiger partial charge in [0.1, 0.15) is 6.10 Å². The van der Waals surface area contributed by atoms with Gasteiger partial charge < -0.3 is 58.5 Å². The molecule has 60 heavy (non-hydrogen) atoms. The van der Waals surface area contributed by atoms with Crippen LogP contribution in [0.1, 0.15) is 180 Å². The van der Waals surface area contributed by atoms with Crippen LogP contribution < -0.4 is 0 Å². The minimum Gasteiger partial charge on any atom is -0.373 e. The Morgan fingerprint density at radius 3 is 0.650 bits per heavy atom. The molecule has 14 rings (SSSR count). The molecule has 0 aromatic rings. The van der Waals surface area contributed by atoms with Crippen LogP contribution in [0.25, 0.3) is 0 Å². The molecule has 7 aliphatic heterocycles. The van der Waals surface area contributed by atoms with Gasteiger partial charge in [0, 0.05) is 38.8 Å². The zero-order valence-electron chi connectivity index (χ0n) is 35.5. The largest absolute Gasteiger partial charge is 0.657 e. The van der Waals surface area contributed by atoms with Crippen LogP contribution in [0, 0.1) is 0 Å². The van der Waals surface area contributed by atoms with E-state index in [1.165, 1.54) is 0 Å². The average Bonchev–Trinajstić information content (AvgIpc) is 4.03. The molecule has 14 fully saturated rings. The first kappa shape index (κ1) is 41.4. The molecule has 14 aliphatic rings. The monoisotopic (exact) mass is 972 g/mol. The summed E-state index contributed by atoms with van der Waals surface area (Å²) in [6, 6.07) is 0. The second-order valence-corrected chi connectivity index (χ2v) is 46.3. The first-order valence-electron chi connectivity index (χ1n) is 25.0. The van der Waals surface area contributed by atoms with Crippen molar-refractivity contribution in [1.29, 1.82) is 0 Å². The molecule has 7 heterocycles. The highest BCUT2D eigenvalue weighted by molar-refractivity contribution is 7.04. The Morgan fingerprint density at radius 2 is 0.467 bits per heavy atom. The standard InChI is InChI=1S/C38H68O14Si8/c1-2-16-32(15-1)53-41-54(33-17-3-4-18-33)44-57(36-23-9-10-24-36)46-55(42-53,34-19-5-6-20-34)48-59(38-27-13-14-28-38)49-56(43-53,35-21-7-8-22-35)47-58(45-54,37-25-11-12-26-37)51-60(50-57,52-59)40-30-31-29-39-31/h31-38H,1-30H2. The molecule has 7 aliphatic carbocycles. The number of hydrogen-bond acceptors (Lipinski definition) is 14. The van der Waals surface area contributed by atoms with Gasteiger partial charge in [0.15, 0.2) is 0 Å². The lowest BCUT2D eigenvalue weighted by atomic mass is 10.4. The molecule has 7 saturated heterocycles. The minimum atomic E-state index is -4.39. The van der Waals surface area contributed by atoms with Gasteiger partial charge in [-0.1, -0.05) is 89.9 Å². The molecule has 1 unspecified atom stereocenters. The third kappa shape index (κ3) is 6.68. The van der Waals surface area contributed by atoms with Crippen LogP contribution in [0.5, 0.6) is 0 Å². The molecule has 0 aromatic carbocycles. The summed E-state index contributed by atoms with van der Waals surface area (Å²) in [4.78, 5) is 0. The Kier molecular flexibility index (Phi) is 10.6. The molecule has 0 aromatic heterocycles. The van der Waals surface area contributed by atoms with Crippen molar-refractivity contribution in [3.63, 3.8) is 0 Å². The molecule has 0 spiro atoms. The highest BCUT2D eigenvalue weighted by Crippen LogP contribution is 2.66. The van der Waals surface area contributed by atoms with Gasteiger partial charge in [-0.2, -0.15) is 0 Å². The molecule has 14 nitrogen and oxygen atoms in total. The second kappa shape index (κ2) is 15.3. The number of epoxide rings is 1. The molecule has 7 saturated carbocycles. The second-order valence-electron chi connectivity index (χ2n) is 21.1. The predicted molar refractivity (Wildman–Crippen MR) is 230 cm³/mol. The van der Waals surface area contributed by atoms with Crippen molar-refractivity contribution in [3.05, 3.63) is 0 Å². The van der Waals surface area contributed by atoms with Crippen molar-refractivity contribution in [2.24, 2.45) is 0 Å². The van der Waals surface area contributed by atoms with E-state index >= 15 is 0 Å². The van der Waals surface area contributed by atoms with E-state index in [9.17, 15) is 0 Å². The van der Waals surface area contributed by atoms with Crippen molar-refractivity contribution in [2.75, 3.05) is 13.2 Å². The van der Waals surface area contributed by atoms with Crippen LogP contribution >= 0.6 is 0 Å². The molecule has 22 heteroatoms. The Hall–Kier alpha value is 1.18. The van der Waals surface area contributed by atoms with Gasteiger partial charge in [-0.05, 0) is 89.9 Å². The third-order valence-corrected chi connectivity index (χ3v) is 55.7. The van der Waals surface area contributed by atoms with E-state index < -0.39 is 70.7 Å². The van der Waals surface area contributed by atoms with Gasteiger partial charge in [0.05, 0.1) is 13.2 Å². The van der Waals surface area contributed by atoms with Crippen LogP contribution in [0.2, 0.25) is 38.8 Å². The summed E-state index contributed by atoms with van der Waals surface area (Å²) >= 11 is 0. The van der Waals surface area contributed by atoms with Crippen LogP contribution in [0.4, 0.5) is 0 Å². The Labute approximate surface area is 365 Å². The lowest BCUT2D eigenvalue weighted by Crippen LogP contribution is -2.91. The van der Waals surface area contributed by atoms with Gasteiger partial charge in [0.2, 0.25) is 0 Å². The number of rotatable bonds is 10. The van der Waals surface area contributed by atoms with Crippen molar-refractivity contribution < 1.29 is 58.5 Å². The van der Waals surface area contributed by atoms with Crippen molar-refractivity contribution in [1.82, 2.24) is 0 Å². The summed E-state index contributed by atoms with van der Waals surface area (Å²) in [6.45, 7) is 0.921. The predicted octanol–water partition coefficient (Wildman–Crippen LogP) is 9.29. The topological polar surface area (TPSA) is 133 Å². The zero-order chi connectivity index (χ0) is 39.7. The highest BCUT2D eigenvalue weighted by atomic mass is 28.6. The lowest BCUT2D eigenvalue weighted by molar-refractivity contribution is -0.0724. The fourth-order valence-electron chi connectivity index (χ4n) is 14.0. The highest BCUT2D eigenvalue weighted by Gasteiger charge is 2.89. The van der Waals surface area contributed by atoms with Crippen molar-refractivity contribution in [2.45, 2.75) is 225 Å². The summed E-state index contributed by atoms with van der Waals surface area (Å²) < 4.78 is 113. The van der Waals surface area contributed by atoms with Crippen LogP contribution in [0.15, 0.2) is 0 Å². The van der Waals surface area contributed by atoms with E-state index in [2.05, 4.69) is 0 Å². The summed E-state index contributed by atoms with van der Waals surface area (Å²) in [5.74, 6) is 0. The molecular weight excluding hydrogens is 905 g/mol. The van der Waals surface area contributed by atoms with Gasteiger partial charge in [-0.3, -0.25) is 0 Å². The van der Waals surface area contributed by atoms with E-state index in [1.807, 2.05) is 0 Å². The SMILES string of the molecule is C1CCC([Si]23O[Si]4(OCC5CO5)O[Si]5(C6CCCC6)O[Si](C6CCCC6)(O2)O[Si]2(C6CCCC6)O[Si](C6CCCC6)(O3)O[Si](C3CCCC3)(O4)O[Si](C3CCCC3)(O5)O2)C1. The van der Waals surface area contributed by atoms with Crippen molar-refractivity contribution >= 4 is 70.7 Å². The molecule has 1 atom stereocenters. The summed E-state index contributed by atoms with van der Waals surface area (Å²) in [5, 5.41) is 0. The number of ether oxygens (including phenoxy) is 1. The third-order valence-electron chi connectivity index (χ3n) is 17.2. The van der Waals surface area contributed by atoms with Gasteiger partial charge >= 0.3 is 70.7 Å². The van der Waals surface area contributed by atoms with Crippen LogP contribution in [-0.4, -0.2) is 90.0 Å². The summed E-state index contributed by atoms with van der Waals surface area (Å²) in [7, 11) is -32.1. The first-order chi connectivity index (χ1) is 29.3. The van der Waals surface area contributed by atoms with Crippen LogP contribution in [0.3, 0.4) is 0 Å². The van der Waals surface area contributed by atoms with Gasteiger partial charge in [-0.25, -0.2) is 0 Å². The Bertz CT molecular complexity index is 1430. The smallest absolute Gasteiger partial charge is 0.373 e. The van der Waals surface area contributed by atoms with E-state index in [4.69, 9.17) is 58.5 Å². The molecular formula is C38H68O14Si8. The zero-order valence-corrected chi connectivity index (χ0v) is 43.5. The van der Waals surface area contributed by atoms with Crippen molar-refractivity contribution in [3.8, 4) is 0 Å². The summed E-state index contributed by atoms with van der Waals surface area (Å²) in [6.07, 6.45) is 28.5. The average molecular weight is 974 g/mol. The maximum atomic E-state index is 8.41. The maximum Gasteiger partial charge on any atom is 0.657 e. The Balaban J connectivity index is 1.12. The maximum absolute atomic E-state index is 8.41. The molecule has 0 amide bonds. The van der Waals surface area contributed by atoms with E-state index in [0.29, 0.717) is 6.61 Å². The molecule has 336 valence electrons. The number of hydrogen-bond donors (Lipinski definition) is 0. The van der Waals surface area contributed by atoms with E-state index in [-0.39, 0.29) is 51.5 Å². The lowest BCUT2D eigenvalue weighted by Gasteiger charge is -2.66. The Morgan fingerprint density at radius 1 is 0.283 bits per heavy atom. The minimum absolute atomic E-state index is 0.0131. The van der Waals surface area contributed by atoms with Gasteiger partial charge in [0.25, 0.3) is 0 Å². The quantitative estimate of drug-likeness (QED) is 0.152. The fraction of sp³-hybridized carbons (Fsp3) is 1.00. The van der Waals surface area contributed by atoms with Crippen LogP contribution in [-0.2, 0) is 58.5 Å². The summed E-state index contributed by atoms with van der Waals surface area (Å²) in [5.41, 5.74) is 0.134. The molecule has 0 N–H and O–H groups in total. The molecule has 8 bridgehead atoms.